The van der Waals surface area contributed by atoms with Gasteiger partial charge in [-0.2, -0.15) is 18.2 Å². The fourth-order valence-electron chi connectivity index (χ4n) is 2.97. The molecule has 0 saturated heterocycles. The molecule has 0 radical (unpaired) electrons. The number of benzene rings is 2. The first-order valence-electron chi connectivity index (χ1n) is 8.25. The number of anilines is 1. The quantitative estimate of drug-likeness (QED) is 0.433. The van der Waals surface area contributed by atoms with E-state index in [1.165, 1.54) is 18.2 Å². The molecular weight excluding hydrogens is 455 g/mol. The third-order valence-corrected chi connectivity index (χ3v) is 4.83. The van der Waals surface area contributed by atoms with Gasteiger partial charge in [-0.15, -0.1) is 5.10 Å². The Hall–Kier alpha value is -3.21. The monoisotopic (exact) mass is 465 g/mol. The number of hydrogen-bond donors (Lipinski definition) is 1. The fraction of sp³-hybridized carbons (Fsp3) is 0.111. The van der Waals surface area contributed by atoms with Gasteiger partial charge in [0, 0.05) is 22.3 Å². The Morgan fingerprint density at radius 1 is 1.17 bits per heavy atom. The lowest BCUT2D eigenvalue weighted by Crippen LogP contribution is -2.20. The Balaban J connectivity index is 1.86. The van der Waals surface area contributed by atoms with Gasteiger partial charge in [0.15, 0.2) is 0 Å². The lowest BCUT2D eigenvalue weighted by molar-refractivity contribution is -0.384. The van der Waals surface area contributed by atoms with Crippen molar-refractivity contribution in [3.8, 4) is 0 Å². The molecule has 0 fully saturated rings. The van der Waals surface area contributed by atoms with Gasteiger partial charge in [0.05, 0.1) is 4.92 Å². The zero-order chi connectivity index (χ0) is 20.8. The first-order valence-corrected chi connectivity index (χ1v) is 9.04. The van der Waals surface area contributed by atoms with Gasteiger partial charge < -0.3 is 5.32 Å². The lowest BCUT2D eigenvalue weighted by atomic mass is 10.0. The van der Waals surface area contributed by atoms with Crippen molar-refractivity contribution in [3.05, 3.63) is 86.1 Å². The number of nitro benzene ring substituents is 1. The second-order valence-electron chi connectivity index (χ2n) is 6.21. The minimum Gasteiger partial charge on any atom is -0.324 e. The van der Waals surface area contributed by atoms with Crippen LogP contribution in [0.4, 0.5) is 24.8 Å². The highest BCUT2D eigenvalue weighted by Gasteiger charge is 2.39. The average Bonchev–Trinajstić information content (AvgIpc) is 3.12. The Labute approximate surface area is 170 Å². The number of aromatic nitrogens is 3. The smallest absolute Gasteiger partial charge is 0.324 e. The molecule has 0 bridgehead atoms. The van der Waals surface area contributed by atoms with Crippen LogP contribution in [0.2, 0.25) is 0 Å². The fourth-order valence-corrected chi connectivity index (χ4v) is 3.24. The van der Waals surface area contributed by atoms with E-state index in [0.717, 1.165) is 9.15 Å². The number of hydrogen-bond acceptors (Lipinski definition) is 5. The summed E-state index contributed by atoms with van der Waals surface area (Å²) in [7, 11) is 0. The van der Waals surface area contributed by atoms with Crippen molar-refractivity contribution in [2.24, 2.45) is 0 Å². The number of alkyl halides is 3. The van der Waals surface area contributed by atoms with Crippen LogP contribution in [0.25, 0.3) is 5.70 Å². The summed E-state index contributed by atoms with van der Waals surface area (Å²) >= 11 is 3.34. The second kappa shape index (κ2) is 6.99. The molecule has 0 spiro atoms. The van der Waals surface area contributed by atoms with Crippen LogP contribution >= 0.6 is 15.9 Å². The molecule has 11 heteroatoms. The van der Waals surface area contributed by atoms with E-state index >= 15 is 0 Å². The van der Waals surface area contributed by atoms with Crippen LogP contribution in [0.1, 0.15) is 23.0 Å². The van der Waals surface area contributed by atoms with Crippen LogP contribution in [0.3, 0.4) is 0 Å². The van der Waals surface area contributed by atoms with Gasteiger partial charge in [0.25, 0.3) is 11.5 Å². The summed E-state index contributed by atoms with van der Waals surface area (Å²) < 4.78 is 41.4. The zero-order valence-electron chi connectivity index (χ0n) is 14.4. The molecular formula is C18H11BrF3N5O2. The summed E-state index contributed by atoms with van der Waals surface area (Å²) in [5.41, 5.74) is 1.47. The molecule has 7 nitrogen and oxygen atoms in total. The van der Waals surface area contributed by atoms with Crippen LogP contribution in [0, 0.1) is 10.1 Å². The minimum absolute atomic E-state index is 0.103. The summed E-state index contributed by atoms with van der Waals surface area (Å²) in [5.74, 6) is -1.39. The van der Waals surface area contributed by atoms with E-state index in [-0.39, 0.29) is 11.6 Å². The summed E-state index contributed by atoms with van der Waals surface area (Å²) in [5, 5.41) is 17.6. The van der Waals surface area contributed by atoms with Crippen LogP contribution in [-0.2, 0) is 6.18 Å². The third kappa shape index (κ3) is 3.73. The van der Waals surface area contributed by atoms with Crippen LogP contribution in [-0.4, -0.2) is 19.7 Å². The highest BCUT2D eigenvalue weighted by Crippen LogP contribution is 2.36. The molecule has 1 unspecified atom stereocenters. The normalized spacial score (nSPS) is 16.0. The van der Waals surface area contributed by atoms with Gasteiger partial charge in [-0.1, -0.05) is 40.2 Å². The number of fused-ring (bicyclic) bond motifs is 1. The summed E-state index contributed by atoms with van der Waals surface area (Å²) in [6, 6.07) is 12.0. The number of halogens is 4. The van der Waals surface area contributed by atoms with E-state index in [9.17, 15) is 23.3 Å². The van der Waals surface area contributed by atoms with Crippen molar-refractivity contribution < 1.29 is 18.1 Å². The maximum Gasteiger partial charge on any atom is 0.453 e. The molecule has 29 heavy (non-hydrogen) atoms. The largest absolute Gasteiger partial charge is 0.453 e. The maximum absolute atomic E-state index is 13.2. The molecule has 148 valence electrons. The SMILES string of the molecule is O=[N+]([O-])c1cccc(C2C=C(c3ccc(Br)cc3)Nc3nc(C(F)(F)F)nn32)c1. The van der Waals surface area contributed by atoms with Crippen LogP contribution < -0.4 is 5.32 Å². The number of nitrogens with zero attached hydrogens (tertiary/aromatic N) is 4. The Bertz CT molecular complexity index is 1130. The van der Waals surface area contributed by atoms with E-state index in [1.807, 2.05) is 0 Å². The predicted molar refractivity (Wildman–Crippen MR) is 102 cm³/mol. The first-order chi connectivity index (χ1) is 13.7. The van der Waals surface area contributed by atoms with Crippen molar-refractivity contribution in [2.45, 2.75) is 12.2 Å². The zero-order valence-corrected chi connectivity index (χ0v) is 16.0. The average molecular weight is 466 g/mol. The topological polar surface area (TPSA) is 85.9 Å². The lowest BCUT2D eigenvalue weighted by Gasteiger charge is -2.24. The molecule has 4 rings (SSSR count). The van der Waals surface area contributed by atoms with Crippen LogP contribution in [0.5, 0.6) is 0 Å². The molecule has 0 aliphatic carbocycles. The molecule has 1 atom stereocenters. The molecule has 1 aliphatic heterocycles. The molecule has 2 heterocycles. The molecule has 0 amide bonds. The van der Waals surface area contributed by atoms with Gasteiger partial charge >= 0.3 is 6.18 Å². The van der Waals surface area contributed by atoms with Crippen LogP contribution in [0.15, 0.2) is 59.1 Å². The number of nitrogens with one attached hydrogen (secondary N) is 1. The number of rotatable bonds is 3. The number of allylic oxidation sites excluding steroid dienone is 1. The van der Waals surface area contributed by atoms with Gasteiger partial charge in [0.2, 0.25) is 5.95 Å². The van der Waals surface area contributed by atoms with Gasteiger partial charge in [-0.3, -0.25) is 10.1 Å². The molecule has 2 aromatic carbocycles. The standard InChI is InChI=1S/C18H11BrF3N5O2/c19-12-6-4-10(5-7-12)14-9-15(11-2-1-3-13(8-11)27(28)29)26-17(23-14)24-16(25-26)18(20,21)22/h1-9,15H,(H,23,24,25). The third-order valence-electron chi connectivity index (χ3n) is 4.30. The Morgan fingerprint density at radius 3 is 2.55 bits per heavy atom. The van der Waals surface area contributed by atoms with E-state index in [4.69, 9.17) is 0 Å². The minimum atomic E-state index is -4.73. The van der Waals surface area contributed by atoms with Crippen molar-refractivity contribution in [2.75, 3.05) is 5.32 Å². The van der Waals surface area contributed by atoms with Gasteiger partial charge in [-0.05, 0) is 29.3 Å². The van der Waals surface area contributed by atoms with E-state index in [1.54, 1.807) is 36.4 Å². The van der Waals surface area contributed by atoms with Crippen molar-refractivity contribution in [1.82, 2.24) is 14.8 Å². The summed E-state index contributed by atoms with van der Waals surface area (Å²) in [4.78, 5) is 14.1. The summed E-state index contributed by atoms with van der Waals surface area (Å²) in [6.07, 6.45) is -3.07. The number of nitro groups is 1. The number of non-ortho nitro benzene ring substituents is 1. The van der Waals surface area contributed by atoms with Crippen molar-refractivity contribution >= 4 is 33.3 Å². The maximum atomic E-state index is 13.2. The highest BCUT2D eigenvalue weighted by atomic mass is 79.9. The summed E-state index contributed by atoms with van der Waals surface area (Å²) in [6.45, 7) is 0. The molecule has 3 aromatic rings. The molecule has 1 N–H and O–H groups in total. The molecule has 1 aliphatic rings. The predicted octanol–water partition coefficient (Wildman–Crippen LogP) is 5.02. The Morgan fingerprint density at radius 2 is 1.90 bits per heavy atom. The Kier molecular flexibility index (Phi) is 4.61. The highest BCUT2D eigenvalue weighted by molar-refractivity contribution is 9.10. The van der Waals surface area contributed by atoms with Gasteiger partial charge in [-0.25, -0.2) is 4.68 Å². The van der Waals surface area contributed by atoms with Crippen molar-refractivity contribution in [1.29, 1.82) is 0 Å². The van der Waals surface area contributed by atoms with Gasteiger partial charge in [0.1, 0.15) is 6.04 Å². The van der Waals surface area contributed by atoms with E-state index < -0.39 is 23.0 Å². The van der Waals surface area contributed by atoms with E-state index in [0.29, 0.717) is 16.8 Å². The first kappa shape index (κ1) is 19.1. The molecule has 1 aromatic heterocycles. The van der Waals surface area contributed by atoms with Crippen molar-refractivity contribution in [3.63, 3.8) is 0 Å². The van der Waals surface area contributed by atoms with E-state index in [2.05, 4.69) is 31.3 Å². The second-order valence-corrected chi connectivity index (χ2v) is 7.13. The molecule has 0 saturated carbocycles.